The van der Waals surface area contributed by atoms with Crippen LogP contribution in [0.3, 0.4) is 0 Å². The molecule has 1 amide bonds. The van der Waals surface area contributed by atoms with Gasteiger partial charge in [0.2, 0.25) is 0 Å². The van der Waals surface area contributed by atoms with Gasteiger partial charge in [-0.2, -0.15) is 0 Å². The first-order chi connectivity index (χ1) is 14.0. The van der Waals surface area contributed by atoms with Crippen LogP contribution in [0.4, 0.5) is 5.13 Å². The third-order valence-corrected chi connectivity index (χ3v) is 5.78. The molecule has 0 N–H and O–H groups in total. The van der Waals surface area contributed by atoms with Crippen LogP contribution < -0.4 is 9.64 Å². The fourth-order valence-corrected chi connectivity index (χ4v) is 4.02. The molecule has 1 aromatic heterocycles. The van der Waals surface area contributed by atoms with E-state index in [0.29, 0.717) is 16.7 Å². The van der Waals surface area contributed by atoms with Gasteiger partial charge in [-0.25, -0.2) is 4.98 Å². The summed E-state index contributed by atoms with van der Waals surface area (Å²) in [5, 5.41) is 1.30. The fraction of sp³-hybridized carbons (Fsp3) is 0.273. The maximum atomic E-state index is 13.0. The lowest BCUT2D eigenvalue weighted by Gasteiger charge is -2.19. The van der Waals surface area contributed by atoms with Crippen molar-refractivity contribution in [3.8, 4) is 5.75 Å². The number of benzene rings is 2. The zero-order chi connectivity index (χ0) is 20.8. The minimum Gasteiger partial charge on any atom is -0.497 e. The topological polar surface area (TPSA) is 45.7 Å². The van der Waals surface area contributed by atoms with Gasteiger partial charge in [0.05, 0.1) is 17.3 Å². The van der Waals surface area contributed by atoms with Crippen LogP contribution in [0.25, 0.3) is 16.3 Å². The number of rotatable bonds is 8. The lowest BCUT2D eigenvalue weighted by Crippen LogP contribution is -2.32. The second-order valence-corrected chi connectivity index (χ2v) is 8.25. The number of anilines is 1. The third kappa shape index (κ3) is 6.19. The number of carbonyl (C=O) groups is 1. The summed E-state index contributed by atoms with van der Waals surface area (Å²) in [6.07, 6.45) is 4.15. The first-order valence-corrected chi connectivity index (χ1v) is 10.5. The fourth-order valence-electron chi connectivity index (χ4n) is 2.84. The molecule has 0 radical (unpaired) electrons. The van der Waals surface area contributed by atoms with E-state index >= 15 is 0 Å². The lowest BCUT2D eigenvalue weighted by molar-refractivity contribution is -0.114. The van der Waals surface area contributed by atoms with Crippen molar-refractivity contribution >= 4 is 62.7 Å². The van der Waals surface area contributed by atoms with E-state index in [4.69, 9.17) is 16.3 Å². The summed E-state index contributed by atoms with van der Waals surface area (Å²) in [6, 6.07) is 13.2. The third-order valence-electron chi connectivity index (χ3n) is 4.38. The molecule has 0 fully saturated rings. The molecule has 0 saturated heterocycles. The number of hydrogen-bond acceptors (Lipinski definition) is 5. The van der Waals surface area contributed by atoms with Crippen LogP contribution in [-0.4, -0.2) is 50.1 Å². The van der Waals surface area contributed by atoms with Crippen molar-refractivity contribution in [3.05, 3.63) is 59.1 Å². The highest BCUT2D eigenvalue weighted by Gasteiger charge is 2.18. The van der Waals surface area contributed by atoms with Gasteiger partial charge in [-0.3, -0.25) is 9.69 Å². The first kappa shape index (κ1) is 24.2. The molecule has 0 unspecified atom stereocenters. The largest absolute Gasteiger partial charge is 0.497 e. The van der Waals surface area contributed by atoms with Crippen LogP contribution in [0.2, 0.25) is 5.02 Å². The molecule has 0 saturated carbocycles. The molecule has 1 heterocycles. The quantitative estimate of drug-likeness (QED) is 0.419. The van der Waals surface area contributed by atoms with Gasteiger partial charge in [0.1, 0.15) is 5.75 Å². The number of nitrogens with zero attached hydrogens (tertiary/aromatic N) is 3. The molecule has 8 heteroatoms. The number of methoxy groups -OCH3 is 1. The Morgan fingerprint density at radius 1 is 1.20 bits per heavy atom. The Kier molecular flexibility index (Phi) is 9.11. The number of thiazole rings is 1. The van der Waals surface area contributed by atoms with Gasteiger partial charge in [0.15, 0.2) is 5.13 Å². The van der Waals surface area contributed by atoms with Gasteiger partial charge in [0.25, 0.3) is 5.91 Å². The van der Waals surface area contributed by atoms with Crippen molar-refractivity contribution in [2.24, 2.45) is 0 Å². The lowest BCUT2D eigenvalue weighted by atomic mass is 10.2. The van der Waals surface area contributed by atoms with Crippen molar-refractivity contribution in [2.75, 3.05) is 39.2 Å². The number of amides is 1. The van der Waals surface area contributed by atoms with E-state index in [2.05, 4.69) is 9.88 Å². The second kappa shape index (κ2) is 11.3. The summed E-state index contributed by atoms with van der Waals surface area (Å²) in [5.74, 6) is 0.633. The molecule has 0 aliphatic rings. The highest BCUT2D eigenvalue weighted by molar-refractivity contribution is 7.22. The van der Waals surface area contributed by atoms with Gasteiger partial charge in [-0.1, -0.05) is 41.1 Å². The zero-order valence-corrected chi connectivity index (χ0v) is 19.6. The Labute approximate surface area is 192 Å². The van der Waals surface area contributed by atoms with E-state index < -0.39 is 0 Å². The van der Waals surface area contributed by atoms with Crippen LogP contribution in [0, 0.1) is 0 Å². The highest BCUT2D eigenvalue weighted by Crippen LogP contribution is 2.31. The Morgan fingerprint density at radius 3 is 2.67 bits per heavy atom. The molecule has 0 aliphatic carbocycles. The van der Waals surface area contributed by atoms with E-state index in [-0.39, 0.29) is 18.3 Å². The molecular formula is C22H25Cl2N3O2S. The standard InChI is InChI=1S/C22H24ClN3O2S.ClH/c1-25(2)13-6-14-26(21(27)12-9-16-7-4-5-8-18(16)23)22-24-19-15-17(28-3)10-11-20(19)29-22;/h4-5,7-12,15H,6,13-14H2,1-3H3;1H. The number of carbonyl (C=O) groups excluding carboxylic acids is 1. The van der Waals surface area contributed by atoms with Crippen LogP contribution in [0.5, 0.6) is 5.75 Å². The van der Waals surface area contributed by atoms with Gasteiger partial charge >= 0.3 is 0 Å². The zero-order valence-electron chi connectivity index (χ0n) is 17.2. The van der Waals surface area contributed by atoms with E-state index in [1.54, 1.807) is 24.2 Å². The summed E-state index contributed by atoms with van der Waals surface area (Å²) in [7, 11) is 5.67. The van der Waals surface area contributed by atoms with Crippen molar-refractivity contribution in [2.45, 2.75) is 6.42 Å². The SMILES string of the molecule is COc1ccc2sc(N(CCCN(C)C)C(=O)C=Cc3ccccc3Cl)nc2c1.Cl. The van der Waals surface area contributed by atoms with E-state index in [0.717, 1.165) is 34.5 Å². The van der Waals surface area contributed by atoms with Crippen LogP contribution in [0.1, 0.15) is 12.0 Å². The molecule has 5 nitrogen and oxygen atoms in total. The Balaban J connectivity index is 0.00000320. The monoisotopic (exact) mass is 465 g/mol. The molecule has 3 rings (SSSR count). The minimum atomic E-state index is -0.116. The summed E-state index contributed by atoms with van der Waals surface area (Å²) >= 11 is 7.70. The predicted molar refractivity (Wildman–Crippen MR) is 129 cm³/mol. The average Bonchev–Trinajstić information content (AvgIpc) is 3.12. The van der Waals surface area contributed by atoms with E-state index in [1.165, 1.54) is 11.3 Å². The van der Waals surface area contributed by atoms with Gasteiger partial charge < -0.3 is 9.64 Å². The summed E-state index contributed by atoms with van der Waals surface area (Å²) in [6.45, 7) is 1.47. The molecule has 30 heavy (non-hydrogen) atoms. The molecule has 0 aliphatic heterocycles. The van der Waals surface area contributed by atoms with Crippen LogP contribution in [-0.2, 0) is 4.79 Å². The second-order valence-electron chi connectivity index (χ2n) is 6.83. The Morgan fingerprint density at radius 2 is 1.97 bits per heavy atom. The van der Waals surface area contributed by atoms with Gasteiger partial charge in [-0.15, -0.1) is 12.4 Å². The van der Waals surface area contributed by atoms with Crippen molar-refractivity contribution in [3.63, 3.8) is 0 Å². The van der Waals surface area contributed by atoms with Crippen molar-refractivity contribution in [1.82, 2.24) is 9.88 Å². The number of fused-ring (bicyclic) bond motifs is 1. The molecule has 3 aromatic rings. The Bertz CT molecular complexity index is 1020. The molecular weight excluding hydrogens is 441 g/mol. The minimum absolute atomic E-state index is 0. The van der Waals surface area contributed by atoms with Crippen LogP contribution >= 0.6 is 35.3 Å². The molecule has 0 spiro atoms. The maximum absolute atomic E-state index is 13.0. The van der Waals surface area contributed by atoms with Gasteiger partial charge in [-0.05, 0) is 56.9 Å². The van der Waals surface area contributed by atoms with Crippen molar-refractivity contribution < 1.29 is 9.53 Å². The molecule has 0 atom stereocenters. The molecule has 0 bridgehead atoms. The van der Waals surface area contributed by atoms with Gasteiger partial charge in [0, 0.05) is 23.7 Å². The maximum Gasteiger partial charge on any atom is 0.252 e. The summed E-state index contributed by atoms with van der Waals surface area (Å²) in [4.78, 5) is 21.5. The van der Waals surface area contributed by atoms with E-state index in [9.17, 15) is 4.79 Å². The average molecular weight is 466 g/mol. The smallest absolute Gasteiger partial charge is 0.252 e. The predicted octanol–water partition coefficient (Wildman–Crippen LogP) is 5.38. The normalized spacial score (nSPS) is 11.1. The van der Waals surface area contributed by atoms with E-state index in [1.807, 2.05) is 56.6 Å². The number of hydrogen-bond donors (Lipinski definition) is 0. The summed E-state index contributed by atoms with van der Waals surface area (Å²) < 4.78 is 6.30. The number of aromatic nitrogens is 1. The summed E-state index contributed by atoms with van der Waals surface area (Å²) in [5.41, 5.74) is 1.63. The van der Waals surface area contributed by atoms with Crippen molar-refractivity contribution in [1.29, 1.82) is 0 Å². The Hall–Kier alpha value is -2.12. The highest BCUT2D eigenvalue weighted by atomic mass is 35.5. The number of halogens is 2. The number of ether oxygens (including phenoxy) is 1. The first-order valence-electron chi connectivity index (χ1n) is 9.31. The molecule has 2 aromatic carbocycles. The van der Waals surface area contributed by atoms with Crippen LogP contribution in [0.15, 0.2) is 48.5 Å². The molecule has 160 valence electrons.